The summed E-state index contributed by atoms with van der Waals surface area (Å²) in [5.41, 5.74) is 1.57. The Balaban J connectivity index is 2.32. The molecule has 2 aromatic carbocycles. The minimum absolute atomic E-state index is 0.00153. The summed E-state index contributed by atoms with van der Waals surface area (Å²) >= 11 is 0. The second-order valence-corrected chi connectivity index (χ2v) is 4.20. The fourth-order valence-electron chi connectivity index (χ4n) is 1.69. The van der Waals surface area contributed by atoms with Crippen molar-refractivity contribution in [2.75, 3.05) is 0 Å². The summed E-state index contributed by atoms with van der Waals surface area (Å²) in [5, 5.41) is 29.6. The van der Waals surface area contributed by atoms with Crippen LogP contribution in [0.3, 0.4) is 0 Å². The van der Waals surface area contributed by atoms with Gasteiger partial charge in [0.1, 0.15) is 0 Å². The maximum absolute atomic E-state index is 10.6. The van der Waals surface area contributed by atoms with Crippen LogP contribution in [0, 0.1) is 17.0 Å². The van der Waals surface area contributed by atoms with Gasteiger partial charge in [-0.3, -0.25) is 15.1 Å². The van der Waals surface area contributed by atoms with Gasteiger partial charge in [0.2, 0.25) is 0 Å². The third kappa shape index (κ3) is 2.74. The lowest BCUT2D eigenvalue weighted by Crippen LogP contribution is -1.88. The summed E-state index contributed by atoms with van der Waals surface area (Å²) in [6.07, 6.45) is 1.39. The molecule has 6 heteroatoms. The van der Waals surface area contributed by atoms with Crippen molar-refractivity contribution in [2.45, 2.75) is 6.92 Å². The molecule has 0 saturated heterocycles. The van der Waals surface area contributed by atoms with Crippen molar-refractivity contribution in [1.82, 2.24) is 0 Å². The van der Waals surface area contributed by atoms with Crippen LogP contribution >= 0.6 is 0 Å². The van der Waals surface area contributed by atoms with Gasteiger partial charge in [0.15, 0.2) is 11.5 Å². The molecule has 6 nitrogen and oxygen atoms in total. The van der Waals surface area contributed by atoms with Gasteiger partial charge in [-0.2, -0.15) is 0 Å². The van der Waals surface area contributed by atoms with Crippen LogP contribution in [0.25, 0.3) is 0 Å². The summed E-state index contributed by atoms with van der Waals surface area (Å²) in [6, 6.07) is 8.86. The molecule has 0 saturated carbocycles. The van der Waals surface area contributed by atoms with Crippen molar-refractivity contribution in [3.05, 3.63) is 57.6 Å². The standard InChI is InChI=1S/C14H12N2O4/c1-9-7-11(16(19)20)5-6-12(9)15-8-10-3-2-4-13(17)14(10)18/h2-8,17-18H,1H3. The van der Waals surface area contributed by atoms with Crippen LogP contribution in [-0.4, -0.2) is 21.4 Å². The predicted octanol–water partition coefficient (Wildman–Crippen LogP) is 3.07. The number of nitro benzene ring substituents is 1. The van der Waals surface area contributed by atoms with E-state index in [1.54, 1.807) is 19.1 Å². The monoisotopic (exact) mass is 272 g/mol. The number of aliphatic imine (C=N–C) groups is 1. The maximum atomic E-state index is 10.6. The number of para-hydroxylation sites is 1. The summed E-state index contributed by atoms with van der Waals surface area (Å²) in [6.45, 7) is 1.71. The highest BCUT2D eigenvalue weighted by molar-refractivity contribution is 5.86. The van der Waals surface area contributed by atoms with E-state index in [4.69, 9.17) is 0 Å². The number of benzene rings is 2. The van der Waals surface area contributed by atoms with Crippen molar-refractivity contribution in [3.8, 4) is 11.5 Å². The molecule has 102 valence electrons. The number of rotatable bonds is 3. The van der Waals surface area contributed by atoms with Gasteiger partial charge in [-0.1, -0.05) is 6.07 Å². The van der Waals surface area contributed by atoms with E-state index in [9.17, 15) is 20.3 Å². The Morgan fingerprint density at radius 1 is 1.25 bits per heavy atom. The van der Waals surface area contributed by atoms with Crippen LogP contribution in [0.15, 0.2) is 41.4 Å². The number of nitrogens with zero attached hydrogens (tertiary/aromatic N) is 2. The molecule has 0 spiro atoms. The number of non-ortho nitro benzene ring substituents is 1. The number of aryl methyl sites for hydroxylation is 1. The number of hydrogen-bond donors (Lipinski definition) is 2. The number of nitro groups is 1. The molecule has 0 aliphatic rings. The molecule has 0 amide bonds. The van der Waals surface area contributed by atoms with Gasteiger partial charge in [-0.25, -0.2) is 0 Å². The minimum Gasteiger partial charge on any atom is -0.504 e. The fourth-order valence-corrected chi connectivity index (χ4v) is 1.69. The molecule has 0 atom stereocenters. The zero-order valence-corrected chi connectivity index (χ0v) is 10.6. The van der Waals surface area contributed by atoms with E-state index in [0.29, 0.717) is 16.8 Å². The van der Waals surface area contributed by atoms with Gasteiger partial charge in [0, 0.05) is 23.9 Å². The van der Waals surface area contributed by atoms with E-state index < -0.39 is 4.92 Å². The Bertz CT molecular complexity index is 696. The van der Waals surface area contributed by atoms with Gasteiger partial charge < -0.3 is 10.2 Å². The normalized spacial score (nSPS) is 10.8. The topological polar surface area (TPSA) is 96.0 Å². The molecule has 0 radical (unpaired) electrons. The van der Waals surface area contributed by atoms with Gasteiger partial charge in [0.05, 0.1) is 10.6 Å². The Hall–Kier alpha value is -2.89. The van der Waals surface area contributed by atoms with Crippen LogP contribution in [-0.2, 0) is 0 Å². The average Bonchev–Trinajstić information content (AvgIpc) is 2.41. The van der Waals surface area contributed by atoms with Crippen molar-refractivity contribution >= 4 is 17.6 Å². The molecule has 0 unspecified atom stereocenters. The zero-order chi connectivity index (χ0) is 14.7. The van der Waals surface area contributed by atoms with E-state index in [-0.39, 0.29) is 17.2 Å². The van der Waals surface area contributed by atoms with Crippen molar-refractivity contribution < 1.29 is 15.1 Å². The van der Waals surface area contributed by atoms with E-state index in [0.717, 1.165) is 0 Å². The smallest absolute Gasteiger partial charge is 0.269 e. The molecule has 0 heterocycles. The first-order chi connectivity index (χ1) is 9.49. The first kappa shape index (κ1) is 13.5. The molecule has 2 aromatic rings. The molecule has 20 heavy (non-hydrogen) atoms. The third-order valence-corrected chi connectivity index (χ3v) is 2.78. The Kier molecular flexibility index (Phi) is 3.65. The lowest BCUT2D eigenvalue weighted by molar-refractivity contribution is -0.384. The molecule has 0 aliphatic heterocycles. The van der Waals surface area contributed by atoms with Gasteiger partial charge in [-0.15, -0.1) is 0 Å². The third-order valence-electron chi connectivity index (χ3n) is 2.78. The van der Waals surface area contributed by atoms with E-state index in [1.807, 2.05) is 0 Å². The second-order valence-electron chi connectivity index (χ2n) is 4.20. The van der Waals surface area contributed by atoms with Crippen LogP contribution in [0.5, 0.6) is 11.5 Å². The molecule has 0 aliphatic carbocycles. The van der Waals surface area contributed by atoms with Crippen LogP contribution < -0.4 is 0 Å². The Labute approximate surface area is 114 Å². The van der Waals surface area contributed by atoms with Gasteiger partial charge in [-0.05, 0) is 30.7 Å². The quantitative estimate of drug-likeness (QED) is 0.388. The molecule has 2 N–H and O–H groups in total. The zero-order valence-electron chi connectivity index (χ0n) is 10.6. The van der Waals surface area contributed by atoms with Crippen molar-refractivity contribution in [2.24, 2.45) is 4.99 Å². The van der Waals surface area contributed by atoms with Crippen LogP contribution in [0.4, 0.5) is 11.4 Å². The Morgan fingerprint density at radius 3 is 2.65 bits per heavy atom. The SMILES string of the molecule is Cc1cc([N+](=O)[O-])ccc1N=Cc1cccc(O)c1O. The van der Waals surface area contributed by atoms with Crippen LogP contribution in [0.2, 0.25) is 0 Å². The molecule has 2 rings (SSSR count). The number of phenols is 2. The lowest BCUT2D eigenvalue weighted by atomic mass is 10.1. The highest BCUT2D eigenvalue weighted by Crippen LogP contribution is 2.28. The fraction of sp³-hybridized carbons (Fsp3) is 0.0714. The number of phenolic OH excluding ortho intramolecular Hbond substituents is 2. The lowest BCUT2D eigenvalue weighted by Gasteiger charge is -2.02. The number of hydrogen-bond acceptors (Lipinski definition) is 5. The maximum Gasteiger partial charge on any atom is 0.269 e. The number of aromatic hydroxyl groups is 2. The first-order valence-electron chi connectivity index (χ1n) is 5.79. The molecule has 0 fully saturated rings. The summed E-state index contributed by atoms with van der Waals surface area (Å²) in [7, 11) is 0. The minimum atomic E-state index is -0.471. The van der Waals surface area contributed by atoms with Gasteiger partial charge in [0.25, 0.3) is 5.69 Å². The van der Waals surface area contributed by atoms with Crippen LogP contribution in [0.1, 0.15) is 11.1 Å². The molecule has 0 bridgehead atoms. The molecular weight excluding hydrogens is 260 g/mol. The van der Waals surface area contributed by atoms with E-state index in [2.05, 4.69) is 4.99 Å². The molecule has 0 aromatic heterocycles. The predicted molar refractivity (Wildman–Crippen MR) is 74.9 cm³/mol. The summed E-state index contributed by atoms with van der Waals surface area (Å²) in [4.78, 5) is 14.3. The van der Waals surface area contributed by atoms with Gasteiger partial charge >= 0.3 is 0 Å². The second kappa shape index (κ2) is 5.40. The van der Waals surface area contributed by atoms with E-state index in [1.165, 1.54) is 30.5 Å². The van der Waals surface area contributed by atoms with Crippen molar-refractivity contribution in [3.63, 3.8) is 0 Å². The summed E-state index contributed by atoms with van der Waals surface area (Å²) < 4.78 is 0. The highest BCUT2D eigenvalue weighted by Gasteiger charge is 2.07. The Morgan fingerprint density at radius 2 is 2.00 bits per heavy atom. The summed E-state index contributed by atoms with van der Waals surface area (Å²) in [5.74, 6) is -0.481. The van der Waals surface area contributed by atoms with E-state index >= 15 is 0 Å². The highest BCUT2D eigenvalue weighted by atomic mass is 16.6. The van der Waals surface area contributed by atoms with Crippen molar-refractivity contribution in [1.29, 1.82) is 0 Å². The largest absolute Gasteiger partial charge is 0.504 e. The molecular formula is C14H12N2O4. The average molecular weight is 272 g/mol. The first-order valence-corrected chi connectivity index (χ1v) is 5.79.